The van der Waals surface area contributed by atoms with Crippen molar-refractivity contribution < 1.29 is 39.9 Å². The first-order chi connectivity index (χ1) is 18.7. The average molecular weight is 552 g/mol. The summed E-state index contributed by atoms with van der Waals surface area (Å²) in [5.74, 6) is -7.48. The molecular weight excluding hydrogens is 514 g/mol. The van der Waals surface area contributed by atoms with E-state index in [1.54, 1.807) is 26.8 Å². The highest BCUT2D eigenvalue weighted by Gasteiger charge is 2.75. The quantitative estimate of drug-likeness (QED) is 0.311. The number of hydrogen-bond acceptors (Lipinski definition) is 8. The SMILES string of the molecule is CC(C)[C@H]1C(O)C(C(N)=O)C(=O)[C@]2(O)C(O)C3C(=O)c4c(O)c(CO)cc(-c5ccccc5)c4C[C@]3(C)C[C@]12C. The molecule has 3 aliphatic carbocycles. The summed E-state index contributed by atoms with van der Waals surface area (Å²) < 4.78 is 0. The number of rotatable bonds is 4. The summed E-state index contributed by atoms with van der Waals surface area (Å²) in [6.07, 6.45) is -3.15. The van der Waals surface area contributed by atoms with Gasteiger partial charge in [0.2, 0.25) is 5.91 Å². The number of aromatic hydroxyl groups is 1. The fourth-order valence-electron chi connectivity index (χ4n) is 8.65. The Morgan fingerprint density at radius 1 is 1.12 bits per heavy atom. The molecular formula is C31H37NO8. The summed E-state index contributed by atoms with van der Waals surface area (Å²) in [4.78, 5) is 40.4. The molecule has 0 radical (unpaired) electrons. The van der Waals surface area contributed by atoms with E-state index in [9.17, 15) is 39.9 Å². The largest absolute Gasteiger partial charge is 0.507 e. The Kier molecular flexibility index (Phi) is 6.54. The van der Waals surface area contributed by atoms with E-state index in [2.05, 4.69) is 0 Å². The third-order valence-electron chi connectivity index (χ3n) is 10.1. The van der Waals surface area contributed by atoms with Gasteiger partial charge in [-0.3, -0.25) is 14.4 Å². The number of Topliss-reactive ketones (excluding diaryl/α,β-unsaturated/α-hetero) is 2. The van der Waals surface area contributed by atoms with Crippen molar-refractivity contribution >= 4 is 17.5 Å². The lowest BCUT2D eigenvalue weighted by atomic mass is 9.39. The summed E-state index contributed by atoms with van der Waals surface area (Å²) in [6, 6.07) is 10.9. The van der Waals surface area contributed by atoms with Crippen LogP contribution in [0.1, 0.15) is 55.6 Å². The lowest BCUT2D eigenvalue weighted by Crippen LogP contribution is -2.79. The van der Waals surface area contributed by atoms with E-state index in [1.807, 2.05) is 37.3 Å². The van der Waals surface area contributed by atoms with Crippen LogP contribution >= 0.6 is 0 Å². The summed E-state index contributed by atoms with van der Waals surface area (Å²) >= 11 is 0. The van der Waals surface area contributed by atoms with Gasteiger partial charge >= 0.3 is 0 Å². The van der Waals surface area contributed by atoms with Crippen molar-refractivity contribution in [2.24, 2.45) is 40.2 Å². The number of amides is 1. The molecule has 8 atom stereocenters. The normalized spacial score (nSPS) is 37.1. The monoisotopic (exact) mass is 551 g/mol. The fraction of sp³-hybridized carbons (Fsp3) is 0.516. The zero-order valence-corrected chi connectivity index (χ0v) is 23.1. The Morgan fingerprint density at radius 3 is 2.30 bits per heavy atom. The van der Waals surface area contributed by atoms with Crippen LogP contribution in [-0.2, 0) is 22.6 Å². The van der Waals surface area contributed by atoms with E-state index >= 15 is 0 Å². The van der Waals surface area contributed by atoms with Crippen LogP contribution in [0.4, 0.5) is 0 Å². The Labute approximate surface area is 232 Å². The van der Waals surface area contributed by atoms with Crippen molar-refractivity contribution in [3.63, 3.8) is 0 Å². The molecule has 0 aliphatic heterocycles. The molecule has 40 heavy (non-hydrogen) atoms. The molecule has 2 fully saturated rings. The van der Waals surface area contributed by atoms with Gasteiger partial charge in [-0.1, -0.05) is 58.0 Å². The third kappa shape index (κ3) is 3.51. The third-order valence-corrected chi connectivity index (χ3v) is 10.1. The second kappa shape index (κ2) is 9.21. The smallest absolute Gasteiger partial charge is 0.230 e. The maximum atomic E-state index is 14.3. The predicted molar refractivity (Wildman–Crippen MR) is 145 cm³/mol. The molecule has 2 aromatic carbocycles. The van der Waals surface area contributed by atoms with Gasteiger partial charge in [0, 0.05) is 11.0 Å². The molecule has 0 heterocycles. The number of primary amides is 1. The number of hydrogen-bond donors (Lipinski definition) is 6. The lowest BCUT2D eigenvalue weighted by Gasteiger charge is -2.66. The highest BCUT2D eigenvalue weighted by Crippen LogP contribution is 2.66. The van der Waals surface area contributed by atoms with Gasteiger partial charge in [0.05, 0.1) is 24.2 Å². The summed E-state index contributed by atoms with van der Waals surface area (Å²) in [5, 5.41) is 56.5. The van der Waals surface area contributed by atoms with Gasteiger partial charge in [-0.25, -0.2) is 0 Å². The number of phenols is 1. The van der Waals surface area contributed by atoms with Gasteiger partial charge < -0.3 is 31.3 Å². The van der Waals surface area contributed by atoms with Gasteiger partial charge in [0.25, 0.3) is 0 Å². The van der Waals surface area contributed by atoms with Crippen LogP contribution in [0.3, 0.4) is 0 Å². The molecule has 9 heteroatoms. The maximum absolute atomic E-state index is 14.3. The van der Waals surface area contributed by atoms with E-state index in [0.717, 1.165) is 5.56 Å². The molecule has 7 N–H and O–H groups in total. The van der Waals surface area contributed by atoms with E-state index in [-0.39, 0.29) is 29.9 Å². The van der Waals surface area contributed by atoms with Gasteiger partial charge in [0.1, 0.15) is 17.8 Å². The number of nitrogens with two attached hydrogens (primary N) is 1. The first-order valence-corrected chi connectivity index (χ1v) is 13.7. The lowest BCUT2D eigenvalue weighted by molar-refractivity contribution is -0.265. The van der Waals surface area contributed by atoms with Crippen molar-refractivity contribution in [2.75, 3.05) is 0 Å². The molecule has 2 saturated carbocycles. The number of benzene rings is 2. The molecule has 4 unspecified atom stereocenters. The summed E-state index contributed by atoms with van der Waals surface area (Å²) in [5.41, 5.74) is 2.56. The Morgan fingerprint density at radius 2 is 1.75 bits per heavy atom. The number of fused-ring (bicyclic) bond motifs is 3. The van der Waals surface area contributed by atoms with Crippen molar-refractivity contribution in [1.29, 1.82) is 0 Å². The number of carbonyl (C=O) groups is 3. The van der Waals surface area contributed by atoms with Crippen LogP contribution in [-0.4, -0.2) is 60.8 Å². The second-order valence-electron chi connectivity index (χ2n) is 12.8. The minimum absolute atomic E-state index is 0.0608. The number of aliphatic hydroxyl groups is 4. The highest BCUT2D eigenvalue weighted by atomic mass is 16.4. The van der Waals surface area contributed by atoms with Gasteiger partial charge in [-0.05, 0) is 52.8 Å². The molecule has 0 aromatic heterocycles. The summed E-state index contributed by atoms with van der Waals surface area (Å²) in [6.45, 7) is 6.51. The molecule has 0 saturated heterocycles. The Bertz CT molecular complexity index is 1410. The molecule has 0 bridgehead atoms. The van der Waals surface area contributed by atoms with Gasteiger partial charge in [0.15, 0.2) is 17.2 Å². The molecule has 3 aliphatic rings. The number of carbonyl (C=O) groups excluding carboxylic acids is 3. The molecule has 0 spiro atoms. The van der Waals surface area contributed by atoms with E-state index in [4.69, 9.17) is 5.73 Å². The zero-order valence-electron chi connectivity index (χ0n) is 23.1. The first-order valence-electron chi connectivity index (χ1n) is 13.7. The standard InChI is InChI=1S/C31H37NO8/c1-14(2)21-25(36)20(28(32)39)26(37)31(40)27(38)22-24(35)19-18(11-29(22,3)13-30(21,31)4)17(10-16(12-33)23(19)34)15-8-6-5-7-9-15/h5-10,14,20-22,25,27,33-34,36,38,40H,11-13H2,1-4H3,(H2,32,39)/t20?,21-,22?,25?,27?,29+,30+,31-/m0/s1. The maximum Gasteiger partial charge on any atom is 0.230 e. The van der Waals surface area contributed by atoms with Crippen LogP contribution < -0.4 is 5.73 Å². The second-order valence-corrected chi connectivity index (χ2v) is 12.8. The molecule has 1 amide bonds. The van der Waals surface area contributed by atoms with Crippen LogP contribution in [0.2, 0.25) is 0 Å². The van der Waals surface area contributed by atoms with Crippen LogP contribution in [0, 0.1) is 34.5 Å². The fourth-order valence-corrected chi connectivity index (χ4v) is 8.65. The van der Waals surface area contributed by atoms with Crippen LogP contribution in [0.15, 0.2) is 36.4 Å². The highest BCUT2D eigenvalue weighted by molar-refractivity contribution is 6.10. The first kappa shape index (κ1) is 28.4. The number of aliphatic hydroxyl groups excluding tert-OH is 3. The molecule has 214 valence electrons. The van der Waals surface area contributed by atoms with Crippen LogP contribution in [0.5, 0.6) is 5.75 Å². The van der Waals surface area contributed by atoms with Gasteiger partial charge in [-0.15, -0.1) is 0 Å². The Balaban J connectivity index is 1.77. The average Bonchev–Trinajstić information content (AvgIpc) is 2.86. The van der Waals surface area contributed by atoms with Crippen molar-refractivity contribution in [1.82, 2.24) is 0 Å². The van der Waals surface area contributed by atoms with Crippen molar-refractivity contribution in [2.45, 2.75) is 65.0 Å². The van der Waals surface area contributed by atoms with E-state index in [1.165, 1.54) is 0 Å². The van der Waals surface area contributed by atoms with Crippen molar-refractivity contribution in [3.05, 3.63) is 53.1 Å². The minimum Gasteiger partial charge on any atom is -0.507 e. The van der Waals surface area contributed by atoms with E-state index < -0.39 is 76.2 Å². The van der Waals surface area contributed by atoms with Crippen LogP contribution in [0.25, 0.3) is 11.1 Å². The van der Waals surface area contributed by atoms with Crippen molar-refractivity contribution in [3.8, 4) is 16.9 Å². The Hall–Kier alpha value is -3.11. The van der Waals surface area contributed by atoms with Gasteiger partial charge in [-0.2, -0.15) is 0 Å². The molecule has 5 rings (SSSR count). The predicted octanol–water partition coefficient (Wildman–Crippen LogP) is 1.73. The molecule has 2 aromatic rings. The zero-order chi connectivity index (χ0) is 29.5. The number of ketones is 2. The minimum atomic E-state index is -2.56. The van der Waals surface area contributed by atoms with E-state index in [0.29, 0.717) is 11.1 Å². The molecule has 9 nitrogen and oxygen atoms in total. The topological polar surface area (TPSA) is 178 Å². The summed E-state index contributed by atoms with van der Waals surface area (Å²) in [7, 11) is 0.